The number of epoxide rings is 1. The summed E-state index contributed by atoms with van der Waals surface area (Å²) >= 11 is 0. The van der Waals surface area contributed by atoms with Crippen molar-refractivity contribution >= 4 is 10.8 Å². The lowest BCUT2D eigenvalue weighted by Crippen LogP contribution is -2.06. The van der Waals surface area contributed by atoms with Crippen molar-refractivity contribution in [3.8, 4) is 0 Å². The van der Waals surface area contributed by atoms with Crippen molar-refractivity contribution < 1.29 is 17.7 Å². The summed E-state index contributed by atoms with van der Waals surface area (Å²) in [6, 6.07) is 2.95. The van der Waals surface area contributed by atoms with E-state index in [2.05, 4.69) is 0 Å². The Balaban J connectivity index is 2.20. The molecule has 0 saturated carbocycles. The quantitative estimate of drug-likeness (QED) is 0.719. The molecule has 1 aromatic rings. The molecule has 0 bridgehead atoms. The molecule has 2 nitrogen and oxygen atoms in total. The van der Waals surface area contributed by atoms with Crippen LogP contribution < -0.4 is 0 Å². The Morgan fingerprint density at radius 3 is 2.86 bits per heavy atom. The topological polar surface area (TPSA) is 29.6 Å². The zero-order valence-electron chi connectivity index (χ0n) is 7.20. The maximum atomic E-state index is 13.1. The molecule has 2 unspecified atom stereocenters. The third-order valence-electron chi connectivity index (χ3n) is 1.88. The monoisotopic (exact) mass is 218 g/mol. The van der Waals surface area contributed by atoms with E-state index in [9.17, 15) is 13.0 Å². The Kier molecular flexibility index (Phi) is 2.60. The van der Waals surface area contributed by atoms with Crippen LogP contribution in [0.25, 0.3) is 0 Å². The van der Waals surface area contributed by atoms with Gasteiger partial charge in [0.2, 0.25) is 0 Å². The Morgan fingerprint density at radius 2 is 2.21 bits per heavy atom. The van der Waals surface area contributed by atoms with E-state index in [0.717, 1.165) is 18.2 Å². The predicted octanol–water partition coefficient (Wildman–Crippen LogP) is 1.47. The maximum absolute atomic E-state index is 13.1. The van der Waals surface area contributed by atoms with E-state index in [1.165, 1.54) is 0 Å². The Morgan fingerprint density at radius 1 is 1.50 bits per heavy atom. The lowest BCUT2D eigenvalue weighted by molar-refractivity contribution is 0.424. The summed E-state index contributed by atoms with van der Waals surface area (Å²) in [4.78, 5) is -0.0829. The fourth-order valence-electron chi connectivity index (χ4n) is 1.07. The normalized spacial score (nSPS) is 22.0. The molecule has 0 radical (unpaired) electrons. The molecule has 0 N–H and O–H groups in total. The van der Waals surface area contributed by atoms with E-state index in [-0.39, 0.29) is 16.8 Å². The van der Waals surface area contributed by atoms with Crippen LogP contribution in [0.15, 0.2) is 23.1 Å². The molecular formula is C9H8F2O2S. The first-order valence-electron chi connectivity index (χ1n) is 4.12. The van der Waals surface area contributed by atoms with Crippen LogP contribution in [0.4, 0.5) is 8.78 Å². The molecule has 0 spiro atoms. The van der Waals surface area contributed by atoms with Gasteiger partial charge in [-0.1, -0.05) is 0 Å². The van der Waals surface area contributed by atoms with Crippen LogP contribution in [0.1, 0.15) is 0 Å². The van der Waals surface area contributed by atoms with Crippen LogP contribution in [0.2, 0.25) is 0 Å². The van der Waals surface area contributed by atoms with Gasteiger partial charge in [0.15, 0.2) is 0 Å². The van der Waals surface area contributed by atoms with Crippen molar-refractivity contribution in [3.05, 3.63) is 29.8 Å². The fraction of sp³-hybridized carbons (Fsp3) is 0.333. The van der Waals surface area contributed by atoms with Crippen LogP contribution in [0.5, 0.6) is 0 Å². The van der Waals surface area contributed by atoms with Crippen LogP contribution >= 0.6 is 0 Å². The van der Waals surface area contributed by atoms with Crippen LogP contribution in [0, 0.1) is 11.6 Å². The molecule has 0 amide bonds. The summed E-state index contributed by atoms with van der Waals surface area (Å²) < 4.78 is 42.2. The minimum atomic E-state index is -1.51. The summed E-state index contributed by atoms with van der Waals surface area (Å²) in [5, 5.41) is 0. The molecule has 0 aliphatic carbocycles. The zero-order chi connectivity index (χ0) is 10.1. The van der Waals surface area contributed by atoms with Crippen LogP contribution in [0.3, 0.4) is 0 Å². The van der Waals surface area contributed by atoms with Gasteiger partial charge in [0.25, 0.3) is 0 Å². The van der Waals surface area contributed by atoms with Gasteiger partial charge in [0, 0.05) is 0 Å². The van der Waals surface area contributed by atoms with E-state index in [4.69, 9.17) is 4.74 Å². The summed E-state index contributed by atoms with van der Waals surface area (Å²) in [7, 11) is -1.51. The second kappa shape index (κ2) is 3.74. The average Bonchev–Trinajstić information content (AvgIpc) is 2.93. The Hall–Kier alpha value is -0.810. The molecule has 1 aliphatic heterocycles. The van der Waals surface area contributed by atoms with Gasteiger partial charge in [0.05, 0.1) is 34.2 Å². The van der Waals surface area contributed by atoms with Gasteiger partial charge in [-0.2, -0.15) is 0 Å². The molecule has 1 heterocycles. The summed E-state index contributed by atoms with van der Waals surface area (Å²) in [6.07, 6.45) is -0.0569. The lowest BCUT2D eigenvalue weighted by atomic mass is 10.3. The molecule has 1 saturated heterocycles. The zero-order valence-corrected chi connectivity index (χ0v) is 8.02. The highest BCUT2D eigenvalue weighted by Crippen LogP contribution is 2.18. The van der Waals surface area contributed by atoms with E-state index in [1.54, 1.807) is 0 Å². The second-order valence-corrected chi connectivity index (χ2v) is 4.51. The minimum Gasteiger partial charge on any atom is -0.372 e. The number of benzene rings is 1. The molecular weight excluding hydrogens is 210 g/mol. The van der Waals surface area contributed by atoms with E-state index in [0.29, 0.717) is 6.61 Å². The molecule has 5 heteroatoms. The highest BCUT2D eigenvalue weighted by atomic mass is 32.2. The molecule has 76 valence electrons. The number of halogens is 2. The Bertz CT molecular complexity index is 377. The molecule has 0 aromatic heterocycles. The third-order valence-corrected chi connectivity index (χ3v) is 3.36. The van der Waals surface area contributed by atoms with Crippen molar-refractivity contribution in [2.24, 2.45) is 0 Å². The summed E-state index contributed by atoms with van der Waals surface area (Å²) in [5.74, 6) is -0.975. The third kappa shape index (κ3) is 2.16. The maximum Gasteiger partial charge on any atom is 0.139 e. The van der Waals surface area contributed by atoms with Gasteiger partial charge < -0.3 is 4.74 Å². The van der Waals surface area contributed by atoms with Crippen molar-refractivity contribution in [1.82, 2.24) is 0 Å². The molecule has 1 aromatic carbocycles. The van der Waals surface area contributed by atoms with Gasteiger partial charge in [-0.15, -0.1) is 0 Å². The highest BCUT2D eigenvalue weighted by Gasteiger charge is 2.26. The summed E-state index contributed by atoms with van der Waals surface area (Å²) in [6.45, 7) is 0.558. The molecule has 2 atom stereocenters. The molecule has 2 rings (SSSR count). The first kappa shape index (κ1) is 9.73. The van der Waals surface area contributed by atoms with Gasteiger partial charge in [-0.25, -0.2) is 8.78 Å². The fourth-order valence-corrected chi connectivity index (χ4v) is 2.31. The average molecular weight is 218 g/mol. The standard InChI is InChI=1S/C9H8F2O2S/c10-6-1-2-8(11)9(3-6)14(12)5-7-4-13-7/h1-3,7H,4-5H2. The van der Waals surface area contributed by atoms with Crippen LogP contribution in [-0.2, 0) is 15.5 Å². The molecule has 1 aliphatic rings. The van der Waals surface area contributed by atoms with Gasteiger partial charge in [0.1, 0.15) is 11.6 Å². The van der Waals surface area contributed by atoms with E-state index < -0.39 is 22.4 Å². The second-order valence-electron chi connectivity index (χ2n) is 3.04. The van der Waals surface area contributed by atoms with Crippen LogP contribution in [-0.4, -0.2) is 22.7 Å². The largest absolute Gasteiger partial charge is 0.372 e. The predicted molar refractivity (Wildman–Crippen MR) is 47.4 cm³/mol. The first-order valence-corrected chi connectivity index (χ1v) is 5.44. The lowest BCUT2D eigenvalue weighted by Gasteiger charge is -2.01. The molecule has 14 heavy (non-hydrogen) atoms. The van der Waals surface area contributed by atoms with Crippen molar-refractivity contribution in [3.63, 3.8) is 0 Å². The highest BCUT2D eigenvalue weighted by molar-refractivity contribution is 7.85. The summed E-state index contributed by atoms with van der Waals surface area (Å²) in [5.41, 5.74) is 0. The number of rotatable bonds is 3. The van der Waals surface area contributed by atoms with Crippen molar-refractivity contribution in [2.75, 3.05) is 12.4 Å². The van der Waals surface area contributed by atoms with Gasteiger partial charge >= 0.3 is 0 Å². The Labute approximate surface area is 82.3 Å². The molecule has 1 fully saturated rings. The van der Waals surface area contributed by atoms with Gasteiger partial charge in [-0.05, 0) is 18.2 Å². The number of ether oxygens (including phenoxy) is 1. The van der Waals surface area contributed by atoms with E-state index >= 15 is 0 Å². The number of hydrogen-bond acceptors (Lipinski definition) is 2. The van der Waals surface area contributed by atoms with Gasteiger partial charge in [-0.3, -0.25) is 4.21 Å². The van der Waals surface area contributed by atoms with Crippen molar-refractivity contribution in [1.29, 1.82) is 0 Å². The number of hydrogen-bond donors (Lipinski definition) is 0. The SMILES string of the molecule is O=S(CC1CO1)c1cc(F)ccc1F. The van der Waals surface area contributed by atoms with Crippen molar-refractivity contribution in [2.45, 2.75) is 11.0 Å². The minimum absolute atomic E-state index is 0.0569. The first-order chi connectivity index (χ1) is 6.66. The van der Waals surface area contributed by atoms with E-state index in [1.807, 2.05) is 0 Å². The smallest absolute Gasteiger partial charge is 0.139 e.